The number of fused-ring (bicyclic) bond motifs is 1. The number of pyridine rings is 1. The molecule has 0 amide bonds. The van der Waals surface area contributed by atoms with E-state index in [1.807, 2.05) is 13.0 Å². The van der Waals surface area contributed by atoms with Crippen LogP contribution in [-0.2, 0) is 14.9 Å². The van der Waals surface area contributed by atoms with Crippen molar-refractivity contribution in [3.05, 3.63) is 24.3 Å². The highest BCUT2D eigenvalue weighted by Crippen LogP contribution is 2.50. The molecule has 0 N–H and O–H groups in total. The first-order valence-corrected chi connectivity index (χ1v) is 7.10. The number of nitrogens with zero attached hydrogens (tertiary/aromatic N) is 3. The van der Waals surface area contributed by atoms with E-state index >= 15 is 0 Å². The van der Waals surface area contributed by atoms with Gasteiger partial charge in [0.1, 0.15) is 16.8 Å². The molecule has 0 bridgehead atoms. The summed E-state index contributed by atoms with van der Waals surface area (Å²) in [5.41, 5.74) is 1.33. The zero-order chi connectivity index (χ0) is 14.3. The minimum absolute atomic E-state index is 0.148. The zero-order valence-electron chi connectivity index (χ0n) is 12.1. The molecule has 0 aromatic carbocycles. The molecule has 2 aromatic heterocycles. The summed E-state index contributed by atoms with van der Waals surface area (Å²) in [4.78, 5) is 21.1. The van der Waals surface area contributed by atoms with Gasteiger partial charge in [-0.05, 0) is 39.7 Å². The molecule has 0 unspecified atom stereocenters. The quantitative estimate of drug-likeness (QED) is 0.803. The molecule has 1 fully saturated rings. The van der Waals surface area contributed by atoms with Crippen molar-refractivity contribution in [2.24, 2.45) is 0 Å². The second kappa shape index (κ2) is 4.58. The van der Waals surface area contributed by atoms with Gasteiger partial charge in [-0.3, -0.25) is 9.78 Å². The van der Waals surface area contributed by atoms with E-state index in [1.54, 1.807) is 12.4 Å². The topological polar surface area (TPSA) is 57.0 Å². The van der Waals surface area contributed by atoms with E-state index in [1.165, 1.54) is 0 Å². The Bertz CT molecular complexity index is 656. The van der Waals surface area contributed by atoms with Crippen LogP contribution in [0.3, 0.4) is 0 Å². The summed E-state index contributed by atoms with van der Waals surface area (Å²) in [7, 11) is 0. The Hall–Kier alpha value is -1.91. The third kappa shape index (κ3) is 1.80. The Morgan fingerprint density at radius 2 is 2.25 bits per heavy atom. The number of carbonyl (C=O) groups excluding carboxylic acids is 1. The van der Waals surface area contributed by atoms with Crippen molar-refractivity contribution >= 4 is 17.0 Å². The maximum atomic E-state index is 12.3. The van der Waals surface area contributed by atoms with Crippen LogP contribution in [0.15, 0.2) is 18.5 Å². The molecular weight excluding hydrogens is 254 g/mol. The standard InChI is InChI=1S/C15H19N3O2/c1-4-20-14(19)15(6-7-15)13-17-11-9-16-8-5-12(11)18(13)10(2)3/h5,8-10H,4,6-7H2,1-3H3. The van der Waals surface area contributed by atoms with E-state index in [9.17, 15) is 4.79 Å². The summed E-state index contributed by atoms with van der Waals surface area (Å²) >= 11 is 0. The molecule has 106 valence electrons. The van der Waals surface area contributed by atoms with Crippen LogP contribution in [0.2, 0.25) is 0 Å². The van der Waals surface area contributed by atoms with Crippen molar-refractivity contribution in [2.45, 2.75) is 45.1 Å². The second-order valence-electron chi connectivity index (χ2n) is 5.57. The number of rotatable bonds is 4. The molecule has 0 atom stereocenters. The van der Waals surface area contributed by atoms with Gasteiger partial charge in [0.05, 0.1) is 18.3 Å². The van der Waals surface area contributed by atoms with E-state index in [-0.39, 0.29) is 12.0 Å². The van der Waals surface area contributed by atoms with Crippen molar-refractivity contribution < 1.29 is 9.53 Å². The third-order valence-corrected chi connectivity index (χ3v) is 3.85. The minimum Gasteiger partial charge on any atom is -0.465 e. The monoisotopic (exact) mass is 273 g/mol. The fourth-order valence-corrected chi connectivity index (χ4v) is 2.72. The molecule has 0 spiro atoms. The van der Waals surface area contributed by atoms with Gasteiger partial charge >= 0.3 is 5.97 Å². The molecule has 1 aliphatic carbocycles. The molecule has 2 heterocycles. The van der Waals surface area contributed by atoms with Crippen LogP contribution in [-0.4, -0.2) is 27.1 Å². The molecule has 3 rings (SSSR count). The van der Waals surface area contributed by atoms with E-state index in [0.717, 1.165) is 29.7 Å². The fourth-order valence-electron chi connectivity index (χ4n) is 2.72. The molecule has 5 heteroatoms. The summed E-state index contributed by atoms with van der Waals surface area (Å²) in [6, 6.07) is 2.19. The smallest absolute Gasteiger partial charge is 0.319 e. The Morgan fingerprint density at radius 3 is 2.85 bits per heavy atom. The second-order valence-corrected chi connectivity index (χ2v) is 5.57. The van der Waals surface area contributed by atoms with E-state index in [0.29, 0.717) is 6.61 Å². The number of imidazole rings is 1. The Morgan fingerprint density at radius 1 is 1.50 bits per heavy atom. The predicted molar refractivity (Wildman–Crippen MR) is 75.5 cm³/mol. The lowest BCUT2D eigenvalue weighted by molar-refractivity contribution is -0.146. The third-order valence-electron chi connectivity index (χ3n) is 3.85. The van der Waals surface area contributed by atoms with Crippen molar-refractivity contribution in [3.63, 3.8) is 0 Å². The van der Waals surface area contributed by atoms with Gasteiger partial charge in [-0.2, -0.15) is 0 Å². The first kappa shape index (κ1) is 13.1. The van der Waals surface area contributed by atoms with E-state index < -0.39 is 5.41 Å². The molecule has 20 heavy (non-hydrogen) atoms. The molecule has 1 saturated carbocycles. The highest BCUT2D eigenvalue weighted by atomic mass is 16.5. The van der Waals surface area contributed by atoms with Gasteiger partial charge in [-0.25, -0.2) is 4.98 Å². The van der Waals surface area contributed by atoms with Crippen molar-refractivity contribution in [1.29, 1.82) is 0 Å². The van der Waals surface area contributed by atoms with Gasteiger partial charge in [0.15, 0.2) is 0 Å². The number of esters is 1. The fraction of sp³-hybridized carbons (Fsp3) is 0.533. The highest BCUT2D eigenvalue weighted by Gasteiger charge is 2.56. The molecule has 2 aromatic rings. The lowest BCUT2D eigenvalue weighted by Crippen LogP contribution is -2.27. The number of hydrogen-bond donors (Lipinski definition) is 0. The molecular formula is C15H19N3O2. The summed E-state index contributed by atoms with van der Waals surface area (Å²) in [6.45, 7) is 6.45. The number of ether oxygens (including phenoxy) is 1. The summed E-state index contributed by atoms with van der Waals surface area (Å²) in [5, 5.41) is 0. The maximum absolute atomic E-state index is 12.3. The zero-order valence-corrected chi connectivity index (χ0v) is 12.1. The molecule has 1 aliphatic rings. The van der Waals surface area contributed by atoms with Crippen LogP contribution in [0, 0.1) is 0 Å². The normalized spacial score (nSPS) is 16.6. The lowest BCUT2D eigenvalue weighted by Gasteiger charge is -2.18. The molecule has 0 radical (unpaired) electrons. The largest absolute Gasteiger partial charge is 0.465 e. The minimum atomic E-state index is -0.542. The van der Waals surface area contributed by atoms with Crippen LogP contribution in [0.1, 0.15) is 45.5 Å². The van der Waals surface area contributed by atoms with Crippen molar-refractivity contribution in [3.8, 4) is 0 Å². The predicted octanol–water partition coefficient (Wildman–Crippen LogP) is 2.61. The summed E-state index contributed by atoms with van der Waals surface area (Å²) in [6.07, 6.45) is 5.14. The van der Waals surface area contributed by atoms with Gasteiger partial charge in [0.25, 0.3) is 0 Å². The summed E-state index contributed by atoms with van der Waals surface area (Å²) < 4.78 is 7.39. The first-order valence-electron chi connectivity index (χ1n) is 7.10. The van der Waals surface area contributed by atoms with Crippen molar-refractivity contribution in [2.75, 3.05) is 6.61 Å². The van der Waals surface area contributed by atoms with Crippen molar-refractivity contribution in [1.82, 2.24) is 14.5 Å². The number of hydrogen-bond acceptors (Lipinski definition) is 4. The maximum Gasteiger partial charge on any atom is 0.319 e. The SMILES string of the molecule is CCOC(=O)C1(c2nc3cnccc3n2C(C)C)CC1. The van der Waals surface area contributed by atoms with Gasteiger partial charge in [-0.15, -0.1) is 0 Å². The molecule has 5 nitrogen and oxygen atoms in total. The van der Waals surface area contributed by atoms with Crippen LogP contribution < -0.4 is 0 Å². The van der Waals surface area contributed by atoms with Gasteiger partial charge in [0, 0.05) is 12.2 Å². The van der Waals surface area contributed by atoms with Crippen LogP contribution in [0.25, 0.3) is 11.0 Å². The van der Waals surface area contributed by atoms with E-state index in [4.69, 9.17) is 4.74 Å². The molecule has 0 aliphatic heterocycles. The highest BCUT2D eigenvalue weighted by molar-refractivity contribution is 5.87. The Kier molecular flexibility index (Phi) is 3.00. The van der Waals surface area contributed by atoms with Gasteiger partial charge in [0.2, 0.25) is 0 Å². The van der Waals surface area contributed by atoms with Crippen LogP contribution in [0.5, 0.6) is 0 Å². The summed E-state index contributed by atoms with van der Waals surface area (Å²) in [5.74, 6) is 0.680. The van der Waals surface area contributed by atoms with Crippen LogP contribution >= 0.6 is 0 Å². The Balaban J connectivity index is 2.16. The molecule has 0 saturated heterocycles. The van der Waals surface area contributed by atoms with Gasteiger partial charge in [-0.1, -0.05) is 0 Å². The van der Waals surface area contributed by atoms with Crippen LogP contribution in [0.4, 0.5) is 0 Å². The number of carbonyl (C=O) groups is 1. The van der Waals surface area contributed by atoms with Gasteiger partial charge < -0.3 is 9.30 Å². The Labute approximate surface area is 118 Å². The first-order chi connectivity index (χ1) is 9.60. The van der Waals surface area contributed by atoms with E-state index in [2.05, 4.69) is 28.4 Å². The number of aromatic nitrogens is 3. The lowest BCUT2D eigenvalue weighted by atomic mass is 10.1. The average Bonchev–Trinajstić information content (AvgIpc) is 3.13. The average molecular weight is 273 g/mol.